The first-order valence-electron chi connectivity index (χ1n) is 9.86. The summed E-state index contributed by atoms with van der Waals surface area (Å²) in [4.78, 5) is 8.46. The number of benzene rings is 1. The van der Waals surface area contributed by atoms with Crippen LogP contribution in [0, 0.1) is 5.82 Å². The second-order valence-electron chi connectivity index (χ2n) is 7.41. The standard InChI is InChI=1S/C21H24ClFN4O5/c1-10(2)31-20-13(8-28)4-12(7-25-20)21-26-19(27-32-21)14-5-16(23)18(6-15(14)22)30-9-17(24)11(3)29/h4-7,10-11,17,28-29H,8-9,24H2,1-3H3/t11-,17+/m1/s1. The molecule has 4 N–H and O–H groups in total. The van der Waals surface area contributed by atoms with Crippen LogP contribution >= 0.6 is 11.6 Å². The van der Waals surface area contributed by atoms with E-state index in [-0.39, 0.29) is 47.4 Å². The van der Waals surface area contributed by atoms with Gasteiger partial charge in [-0.3, -0.25) is 0 Å². The van der Waals surface area contributed by atoms with Gasteiger partial charge in [-0.25, -0.2) is 9.37 Å². The monoisotopic (exact) mass is 466 g/mol. The molecule has 9 nitrogen and oxygen atoms in total. The molecule has 0 radical (unpaired) electrons. The third-order valence-corrected chi connectivity index (χ3v) is 4.74. The summed E-state index contributed by atoms with van der Waals surface area (Å²) in [6.45, 7) is 4.83. The van der Waals surface area contributed by atoms with Crippen molar-refractivity contribution in [2.45, 2.75) is 45.6 Å². The zero-order valence-electron chi connectivity index (χ0n) is 17.7. The number of nitrogens with two attached hydrogens (primary N) is 1. The summed E-state index contributed by atoms with van der Waals surface area (Å²) in [6.07, 6.45) is 0.552. The Morgan fingerprint density at radius 1 is 1.25 bits per heavy atom. The van der Waals surface area contributed by atoms with Crippen molar-refractivity contribution in [3.8, 4) is 34.5 Å². The molecule has 3 rings (SSSR count). The van der Waals surface area contributed by atoms with E-state index < -0.39 is 18.0 Å². The van der Waals surface area contributed by atoms with Crippen LogP contribution in [-0.4, -0.2) is 50.2 Å². The number of nitrogens with zero attached hydrogens (tertiary/aromatic N) is 3. The Morgan fingerprint density at radius 3 is 2.66 bits per heavy atom. The van der Waals surface area contributed by atoms with E-state index in [1.54, 1.807) is 6.07 Å². The minimum Gasteiger partial charge on any atom is -0.489 e. The molecule has 3 aromatic rings. The summed E-state index contributed by atoms with van der Waals surface area (Å²) in [7, 11) is 0. The smallest absolute Gasteiger partial charge is 0.259 e. The van der Waals surface area contributed by atoms with Gasteiger partial charge in [-0.05, 0) is 32.9 Å². The average Bonchev–Trinajstić information content (AvgIpc) is 3.23. The Bertz CT molecular complexity index is 1080. The highest BCUT2D eigenvalue weighted by Gasteiger charge is 2.19. The zero-order chi connectivity index (χ0) is 23.4. The molecule has 0 amide bonds. The van der Waals surface area contributed by atoms with Crippen LogP contribution in [0.1, 0.15) is 26.3 Å². The van der Waals surface area contributed by atoms with Gasteiger partial charge in [0.1, 0.15) is 6.61 Å². The Labute approximate surface area is 188 Å². The molecule has 0 aliphatic heterocycles. The summed E-state index contributed by atoms with van der Waals surface area (Å²) in [6, 6.07) is 3.34. The largest absolute Gasteiger partial charge is 0.489 e. The van der Waals surface area contributed by atoms with E-state index in [9.17, 15) is 14.6 Å². The van der Waals surface area contributed by atoms with E-state index in [1.165, 1.54) is 19.2 Å². The Balaban J connectivity index is 1.84. The molecule has 0 unspecified atom stereocenters. The average molecular weight is 467 g/mol. The predicted molar refractivity (Wildman–Crippen MR) is 115 cm³/mol. The second kappa shape index (κ2) is 10.2. The van der Waals surface area contributed by atoms with Crippen LogP contribution in [0.25, 0.3) is 22.8 Å². The van der Waals surface area contributed by atoms with Crippen molar-refractivity contribution in [3.05, 3.63) is 40.8 Å². The third-order valence-electron chi connectivity index (χ3n) is 4.43. The molecule has 172 valence electrons. The van der Waals surface area contributed by atoms with Crippen LogP contribution in [0.15, 0.2) is 28.9 Å². The normalized spacial score (nSPS) is 13.3. The van der Waals surface area contributed by atoms with Gasteiger partial charge in [0.15, 0.2) is 11.6 Å². The number of hydrogen-bond donors (Lipinski definition) is 3. The number of aliphatic hydroxyl groups excluding tert-OH is 2. The predicted octanol–water partition coefficient (Wildman–Crippen LogP) is 2.96. The molecule has 1 aromatic carbocycles. The van der Waals surface area contributed by atoms with Gasteiger partial charge >= 0.3 is 0 Å². The minimum atomic E-state index is -0.808. The first-order chi connectivity index (χ1) is 15.2. The highest BCUT2D eigenvalue weighted by molar-refractivity contribution is 6.33. The summed E-state index contributed by atoms with van der Waals surface area (Å²) >= 11 is 6.27. The first kappa shape index (κ1) is 23.9. The molecular formula is C21H24ClFN4O5. The fourth-order valence-corrected chi connectivity index (χ4v) is 2.88. The van der Waals surface area contributed by atoms with Gasteiger partial charge in [0.2, 0.25) is 11.7 Å². The van der Waals surface area contributed by atoms with E-state index in [0.29, 0.717) is 17.0 Å². The van der Waals surface area contributed by atoms with Crippen molar-refractivity contribution in [1.29, 1.82) is 0 Å². The lowest BCUT2D eigenvalue weighted by Crippen LogP contribution is -2.38. The SMILES string of the molecule is CC(C)Oc1ncc(-c2nc(-c3cc(F)c(OC[C@H](N)[C@@H](C)O)cc3Cl)no2)cc1CO. The van der Waals surface area contributed by atoms with Crippen molar-refractivity contribution in [3.63, 3.8) is 0 Å². The van der Waals surface area contributed by atoms with Gasteiger partial charge in [-0.15, -0.1) is 0 Å². The summed E-state index contributed by atoms with van der Waals surface area (Å²) < 4.78 is 30.7. The molecule has 2 heterocycles. The quantitative estimate of drug-likeness (QED) is 0.434. The van der Waals surface area contributed by atoms with E-state index in [4.69, 9.17) is 31.3 Å². The summed E-state index contributed by atoms with van der Waals surface area (Å²) in [5.74, 6) is -0.340. The lowest BCUT2D eigenvalue weighted by molar-refractivity contribution is 0.129. The molecule has 0 spiro atoms. The maximum atomic E-state index is 14.5. The molecule has 0 aliphatic rings. The molecular weight excluding hydrogens is 443 g/mol. The van der Waals surface area contributed by atoms with Gasteiger partial charge in [-0.2, -0.15) is 4.98 Å². The summed E-state index contributed by atoms with van der Waals surface area (Å²) in [5.41, 5.74) is 6.80. The molecule has 0 fully saturated rings. The van der Waals surface area contributed by atoms with E-state index in [1.807, 2.05) is 13.8 Å². The van der Waals surface area contributed by atoms with Crippen LogP contribution in [0.4, 0.5) is 4.39 Å². The van der Waals surface area contributed by atoms with E-state index >= 15 is 0 Å². The maximum Gasteiger partial charge on any atom is 0.259 e. The molecule has 11 heteroatoms. The molecule has 2 atom stereocenters. The topological polar surface area (TPSA) is 137 Å². The summed E-state index contributed by atoms with van der Waals surface area (Å²) in [5, 5.41) is 23.0. The Kier molecular flexibility index (Phi) is 7.62. The maximum absolute atomic E-state index is 14.5. The highest BCUT2D eigenvalue weighted by atomic mass is 35.5. The molecule has 0 saturated heterocycles. The Morgan fingerprint density at radius 2 is 2.00 bits per heavy atom. The van der Waals surface area contributed by atoms with Crippen molar-refractivity contribution < 1.29 is 28.6 Å². The number of pyridine rings is 1. The van der Waals surface area contributed by atoms with Gasteiger partial charge < -0.3 is 29.9 Å². The van der Waals surface area contributed by atoms with Gasteiger partial charge in [-0.1, -0.05) is 16.8 Å². The number of hydrogen-bond acceptors (Lipinski definition) is 9. The zero-order valence-corrected chi connectivity index (χ0v) is 18.5. The van der Waals surface area contributed by atoms with E-state index in [0.717, 1.165) is 6.07 Å². The fraction of sp³-hybridized carbons (Fsp3) is 0.381. The minimum absolute atomic E-state index is 0.0594. The molecule has 32 heavy (non-hydrogen) atoms. The molecule has 0 aliphatic carbocycles. The third kappa shape index (κ3) is 5.52. The van der Waals surface area contributed by atoms with Crippen LogP contribution in [0.5, 0.6) is 11.6 Å². The van der Waals surface area contributed by atoms with Gasteiger partial charge in [0, 0.05) is 23.4 Å². The van der Waals surface area contributed by atoms with Crippen molar-refractivity contribution in [2.24, 2.45) is 5.73 Å². The fourth-order valence-electron chi connectivity index (χ4n) is 2.64. The highest BCUT2D eigenvalue weighted by Crippen LogP contribution is 2.33. The van der Waals surface area contributed by atoms with Crippen molar-refractivity contribution in [2.75, 3.05) is 6.61 Å². The molecule has 2 aromatic heterocycles. The van der Waals surface area contributed by atoms with Crippen molar-refractivity contribution >= 4 is 11.6 Å². The first-order valence-corrected chi connectivity index (χ1v) is 10.2. The number of halogens is 2. The van der Waals surface area contributed by atoms with Crippen LogP contribution < -0.4 is 15.2 Å². The van der Waals surface area contributed by atoms with Crippen molar-refractivity contribution in [1.82, 2.24) is 15.1 Å². The number of aromatic nitrogens is 3. The number of rotatable bonds is 9. The lowest BCUT2D eigenvalue weighted by Gasteiger charge is -2.16. The van der Waals surface area contributed by atoms with Gasteiger partial charge in [0.05, 0.1) is 35.4 Å². The molecule has 0 saturated carbocycles. The van der Waals surface area contributed by atoms with Crippen LogP contribution in [-0.2, 0) is 6.61 Å². The number of ether oxygens (including phenoxy) is 2. The lowest BCUT2D eigenvalue weighted by atomic mass is 10.2. The molecule has 0 bridgehead atoms. The number of aliphatic hydroxyl groups is 2. The second-order valence-corrected chi connectivity index (χ2v) is 7.82. The van der Waals surface area contributed by atoms with Crippen LogP contribution in [0.2, 0.25) is 5.02 Å². The van der Waals surface area contributed by atoms with Gasteiger partial charge in [0.25, 0.3) is 5.89 Å². The van der Waals surface area contributed by atoms with E-state index in [2.05, 4.69) is 15.1 Å². The Hall–Kier alpha value is -2.79. The van der Waals surface area contributed by atoms with Crippen LogP contribution in [0.3, 0.4) is 0 Å².